The highest BCUT2D eigenvalue weighted by Gasteiger charge is 2.21. The fourth-order valence-electron chi connectivity index (χ4n) is 2.94. The van der Waals surface area contributed by atoms with Crippen molar-refractivity contribution in [2.24, 2.45) is 0 Å². The van der Waals surface area contributed by atoms with E-state index in [1.165, 1.54) is 18.4 Å². The first kappa shape index (κ1) is 13.0. The number of nitrogens with zero attached hydrogens (tertiary/aromatic N) is 4. The van der Waals surface area contributed by atoms with Gasteiger partial charge in [0, 0.05) is 37.2 Å². The molecular weight excluding hydrogens is 248 g/mol. The molecule has 2 aromatic heterocycles. The molecule has 0 spiro atoms. The van der Waals surface area contributed by atoms with Crippen molar-refractivity contribution in [2.75, 3.05) is 18.0 Å². The Hall–Kier alpha value is -1.97. The molecule has 4 heteroatoms. The Morgan fingerprint density at radius 1 is 1.05 bits per heavy atom. The third-order valence-corrected chi connectivity index (χ3v) is 3.95. The van der Waals surface area contributed by atoms with E-state index in [0.29, 0.717) is 5.92 Å². The zero-order valence-corrected chi connectivity index (χ0v) is 12.1. The van der Waals surface area contributed by atoms with Crippen molar-refractivity contribution in [3.8, 4) is 0 Å². The molecule has 20 heavy (non-hydrogen) atoms. The van der Waals surface area contributed by atoms with Crippen LogP contribution in [0.2, 0.25) is 0 Å². The molecule has 1 aliphatic heterocycles. The van der Waals surface area contributed by atoms with Gasteiger partial charge in [0.2, 0.25) is 0 Å². The standard InChI is InChI=1S/C16H20N4/c1-12-11-16(19-13(2)18-12)20-9-5-15(6-10-20)14-3-7-17-8-4-14/h3-4,7-8,11,15H,5-6,9-10H2,1-2H3. The molecule has 0 unspecified atom stereocenters. The molecule has 4 nitrogen and oxygen atoms in total. The predicted octanol–water partition coefficient (Wildman–Crippen LogP) is 2.87. The van der Waals surface area contributed by atoms with Gasteiger partial charge >= 0.3 is 0 Å². The van der Waals surface area contributed by atoms with Crippen LogP contribution in [0.5, 0.6) is 0 Å². The molecular formula is C16H20N4. The van der Waals surface area contributed by atoms with Gasteiger partial charge in [-0.3, -0.25) is 4.98 Å². The average molecular weight is 268 g/mol. The summed E-state index contributed by atoms with van der Waals surface area (Å²) in [6, 6.07) is 6.36. The summed E-state index contributed by atoms with van der Waals surface area (Å²) in [5.74, 6) is 2.58. The lowest BCUT2D eigenvalue weighted by molar-refractivity contribution is 0.502. The van der Waals surface area contributed by atoms with E-state index >= 15 is 0 Å². The van der Waals surface area contributed by atoms with E-state index in [9.17, 15) is 0 Å². The molecule has 1 aliphatic rings. The quantitative estimate of drug-likeness (QED) is 0.840. The first-order valence-corrected chi connectivity index (χ1v) is 7.19. The Bertz CT molecular complexity index is 554. The van der Waals surface area contributed by atoms with Gasteiger partial charge in [0.05, 0.1) is 0 Å². The number of hydrogen-bond acceptors (Lipinski definition) is 4. The van der Waals surface area contributed by atoms with Crippen molar-refractivity contribution >= 4 is 5.82 Å². The van der Waals surface area contributed by atoms with Crippen LogP contribution in [0.1, 0.15) is 35.8 Å². The second-order valence-corrected chi connectivity index (χ2v) is 5.46. The number of pyridine rings is 1. The molecule has 0 bridgehead atoms. The van der Waals surface area contributed by atoms with Crippen LogP contribution in [0.3, 0.4) is 0 Å². The van der Waals surface area contributed by atoms with Gasteiger partial charge in [-0.2, -0.15) is 0 Å². The summed E-state index contributed by atoms with van der Waals surface area (Å²) >= 11 is 0. The third kappa shape index (κ3) is 2.79. The van der Waals surface area contributed by atoms with E-state index in [0.717, 1.165) is 30.4 Å². The van der Waals surface area contributed by atoms with E-state index in [2.05, 4.69) is 38.1 Å². The minimum absolute atomic E-state index is 0.651. The van der Waals surface area contributed by atoms with Crippen LogP contribution in [0.15, 0.2) is 30.6 Å². The van der Waals surface area contributed by atoms with Crippen molar-refractivity contribution in [1.82, 2.24) is 15.0 Å². The lowest BCUT2D eigenvalue weighted by atomic mass is 9.90. The number of aryl methyl sites for hydroxylation is 2. The van der Waals surface area contributed by atoms with E-state index in [1.807, 2.05) is 26.2 Å². The van der Waals surface area contributed by atoms with Gasteiger partial charge < -0.3 is 4.90 Å². The Labute approximate surface area is 119 Å². The summed E-state index contributed by atoms with van der Waals surface area (Å²) in [7, 11) is 0. The molecule has 2 aromatic rings. The summed E-state index contributed by atoms with van der Waals surface area (Å²) in [4.78, 5) is 15.4. The summed E-state index contributed by atoms with van der Waals surface area (Å²) in [5.41, 5.74) is 2.46. The maximum atomic E-state index is 4.56. The fraction of sp³-hybridized carbons (Fsp3) is 0.438. The first-order valence-electron chi connectivity index (χ1n) is 7.19. The number of hydrogen-bond donors (Lipinski definition) is 0. The molecule has 0 atom stereocenters. The maximum absolute atomic E-state index is 4.56. The molecule has 104 valence electrons. The minimum Gasteiger partial charge on any atom is -0.356 e. The first-order chi connectivity index (χ1) is 9.72. The molecule has 1 fully saturated rings. The van der Waals surface area contributed by atoms with Gasteiger partial charge in [-0.05, 0) is 50.3 Å². The van der Waals surface area contributed by atoms with Gasteiger partial charge in [0.15, 0.2) is 0 Å². The molecule has 3 rings (SSSR count). The van der Waals surface area contributed by atoms with Crippen molar-refractivity contribution in [3.63, 3.8) is 0 Å². The Balaban J connectivity index is 1.69. The van der Waals surface area contributed by atoms with Crippen LogP contribution < -0.4 is 4.90 Å². The highest BCUT2D eigenvalue weighted by Crippen LogP contribution is 2.29. The highest BCUT2D eigenvalue weighted by atomic mass is 15.2. The molecule has 0 amide bonds. The second-order valence-electron chi connectivity index (χ2n) is 5.46. The monoisotopic (exact) mass is 268 g/mol. The van der Waals surface area contributed by atoms with Crippen LogP contribution in [-0.2, 0) is 0 Å². The Morgan fingerprint density at radius 3 is 2.40 bits per heavy atom. The normalized spacial score (nSPS) is 16.4. The van der Waals surface area contributed by atoms with Crippen LogP contribution in [0.4, 0.5) is 5.82 Å². The molecule has 0 radical (unpaired) electrons. The smallest absolute Gasteiger partial charge is 0.132 e. The zero-order chi connectivity index (χ0) is 13.9. The van der Waals surface area contributed by atoms with Crippen molar-refractivity contribution < 1.29 is 0 Å². The lowest BCUT2D eigenvalue weighted by Gasteiger charge is -2.33. The van der Waals surface area contributed by atoms with Crippen LogP contribution in [0.25, 0.3) is 0 Å². The SMILES string of the molecule is Cc1cc(N2CCC(c3ccncc3)CC2)nc(C)n1. The van der Waals surface area contributed by atoms with Gasteiger partial charge in [-0.25, -0.2) is 9.97 Å². The van der Waals surface area contributed by atoms with Crippen LogP contribution >= 0.6 is 0 Å². The van der Waals surface area contributed by atoms with Crippen molar-refractivity contribution in [1.29, 1.82) is 0 Å². The van der Waals surface area contributed by atoms with Gasteiger partial charge in [-0.1, -0.05) is 0 Å². The summed E-state index contributed by atoms with van der Waals surface area (Å²) in [6.07, 6.45) is 6.12. The lowest BCUT2D eigenvalue weighted by Crippen LogP contribution is -2.33. The maximum Gasteiger partial charge on any atom is 0.132 e. The zero-order valence-electron chi connectivity index (χ0n) is 12.1. The summed E-state index contributed by atoms with van der Waals surface area (Å²) < 4.78 is 0. The number of piperidine rings is 1. The average Bonchev–Trinajstić information content (AvgIpc) is 2.47. The third-order valence-electron chi connectivity index (χ3n) is 3.95. The Kier molecular flexibility index (Phi) is 3.63. The molecule has 3 heterocycles. The Morgan fingerprint density at radius 2 is 1.75 bits per heavy atom. The van der Waals surface area contributed by atoms with Crippen molar-refractivity contribution in [3.05, 3.63) is 47.7 Å². The molecule has 1 saturated heterocycles. The van der Waals surface area contributed by atoms with Gasteiger partial charge in [0.1, 0.15) is 11.6 Å². The topological polar surface area (TPSA) is 41.9 Å². The number of aromatic nitrogens is 3. The molecule has 0 aliphatic carbocycles. The largest absolute Gasteiger partial charge is 0.356 e. The second kappa shape index (κ2) is 5.57. The van der Waals surface area contributed by atoms with E-state index in [-0.39, 0.29) is 0 Å². The minimum atomic E-state index is 0.651. The fourth-order valence-corrected chi connectivity index (χ4v) is 2.94. The van der Waals surface area contributed by atoms with E-state index < -0.39 is 0 Å². The molecule has 0 N–H and O–H groups in total. The number of anilines is 1. The predicted molar refractivity (Wildman–Crippen MR) is 79.9 cm³/mol. The van der Waals surface area contributed by atoms with E-state index in [1.54, 1.807) is 0 Å². The summed E-state index contributed by atoms with van der Waals surface area (Å²) in [5, 5.41) is 0. The van der Waals surface area contributed by atoms with Gasteiger partial charge in [0.25, 0.3) is 0 Å². The van der Waals surface area contributed by atoms with E-state index in [4.69, 9.17) is 0 Å². The van der Waals surface area contributed by atoms with Gasteiger partial charge in [-0.15, -0.1) is 0 Å². The number of rotatable bonds is 2. The van der Waals surface area contributed by atoms with Crippen LogP contribution in [-0.4, -0.2) is 28.0 Å². The highest BCUT2D eigenvalue weighted by molar-refractivity contribution is 5.40. The molecule has 0 saturated carbocycles. The van der Waals surface area contributed by atoms with Crippen LogP contribution in [0, 0.1) is 13.8 Å². The summed E-state index contributed by atoms with van der Waals surface area (Å²) in [6.45, 7) is 6.11. The van der Waals surface area contributed by atoms with Crippen molar-refractivity contribution in [2.45, 2.75) is 32.6 Å². The molecule has 0 aromatic carbocycles.